The summed E-state index contributed by atoms with van der Waals surface area (Å²) in [6, 6.07) is 11.0. The van der Waals surface area contributed by atoms with Gasteiger partial charge in [0.25, 0.3) is 5.69 Å². The molecule has 0 saturated heterocycles. The van der Waals surface area contributed by atoms with Crippen LogP contribution in [0.4, 0.5) is 5.69 Å². The molecule has 0 aromatic heterocycles. The third-order valence-electron chi connectivity index (χ3n) is 2.67. The second kappa shape index (κ2) is 4.87. The van der Waals surface area contributed by atoms with Gasteiger partial charge in [-0.25, -0.2) is 0 Å². The Bertz CT molecular complexity index is 618. The molecule has 2 rings (SSSR count). The minimum absolute atomic E-state index is 0.159. The van der Waals surface area contributed by atoms with Crippen molar-refractivity contribution in [2.45, 2.75) is 0 Å². The van der Waals surface area contributed by atoms with Crippen LogP contribution in [0.2, 0.25) is 0 Å². The van der Waals surface area contributed by atoms with E-state index in [1.54, 1.807) is 24.4 Å². The highest BCUT2D eigenvalue weighted by molar-refractivity contribution is 5.94. The van der Waals surface area contributed by atoms with Crippen LogP contribution in [0.25, 0.3) is 16.8 Å². The van der Waals surface area contributed by atoms with E-state index in [9.17, 15) is 10.1 Å². The average molecular weight is 242 g/mol. The quantitative estimate of drug-likeness (QED) is 0.613. The minimum Gasteiger partial charge on any atom is -0.383 e. The number of hydrogen-bond donors (Lipinski definition) is 0. The molecule has 0 unspecified atom stereocenters. The molecule has 2 aromatic rings. The largest absolute Gasteiger partial charge is 0.383 e. The number of fused-ring (bicyclic) bond motifs is 1. The zero-order valence-electron chi connectivity index (χ0n) is 10.3. The maximum Gasteiger partial charge on any atom is 0.284 e. The van der Waals surface area contributed by atoms with Crippen molar-refractivity contribution in [3.8, 4) is 0 Å². The Balaban J connectivity index is 2.67. The fourth-order valence-corrected chi connectivity index (χ4v) is 1.84. The standard InChI is InChI=1S/C14H14N2O2/c1-15(2)10-9-12-8-7-11-5-3-4-6-13(11)14(12)16(17)18/h3-10H,1-2H3. The fraction of sp³-hybridized carbons (Fsp3) is 0.143. The monoisotopic (exact) mass is 242 g/mol. The van der Waals surface area contributed by atoms with Crippen LogP contribution in [0, 0.1) is 10.1 Å². The molecule has 0 heterocycles. The minimum atomic E-state index is -0.322. The van der Waals surface area contributed by atoms with E-state index in [-0.39, 0.29) is 10.6 Å². The second-order valence-electron chi connectivity index (χ2n) is 4.26. The Hall–Kier alpha value is -2.36. The van der Waals surface area contributed by atoms with Crippen LogP contribution < -0.4 is 0 Å². The van der Waals surface area contributed by atoms with E-state index in [1.807, 2.05) is 43.3 Å². The lowest BCUT2D eigenvalue weighted by Gasteiger charge is -2.05. The summed E-state index contributed by atoms with van der Waals surface area (Å²) in [7, 11) is 3.76. The zero-order valence-corrected chi connectivity index (χ0v) is 10.3. The van der Waals surface area contributed by atoms with Crippen LogP contribution in [0.1, 0.15) is 5.56 Å². The highest BCUT2D eigenvalue weighted by Crippen LogP contribution is 2.30. The molecule has 92 valence electrons. The molecule has 4 heteroatoms. The maximum atomic E-state index is 11.2. The predicted molar refractivity (Wildman–Crippen MR) is 73.3 cm³/mol. The molecule has 0 N–H and O–H groups in total. The van der Waals surface area contributed by atoms with Crippen molar-refractivity contribution in [1.29, 1.82) is 0 Å². The van der Waals surface area contributed by atoms with Gasteiger partial charge in [-0.3, -0.25) is 10.1 Å². The normalized spacial score (nSPS) is 11.0. The lowest BCUT2D eigenvalue weighted by Crippen LogP contribution is -2.00. The van der Waals surface area contributed by atoms with E-state index in [2.05, 4.69) is 0 Å². The van der Waals surface area contributed by atoms with Gasteiger partial charge < -0.3 is 4.90 Å². The van der Waals surface area contributed by atoms with E-state index in [1.165, 1.54) is 0 Å². The summed E-state index contributed by atoms with van der Waals surface area (Å²) in [6.45, 7) is 0. The van der Waals surface area contributed by atoms with Gasteiger partial charge in [0.15, 0.2) is 0 Å². The first-order chi connectivity index (χ1) is 8.59. The first-order valence-electron chi connectivity index (χ1n) is 5.60. The van der Waals surface area contributed by atoms with Gasteiger partial charge in [0.1, 0.15) is 0 Å². The van der Waals surface area contributed by atoms with Crippen LogP contribution in [0.5, 0.6) is 0 Å². The third kappa shape index (κ3) is 2.32. The van der Waals surface area contributed by atoms with Crippen molar-refractivity contribution < 1.29 is 4.92 Å². The van der Waals surface area contributed by atoms with E-state index in [0.29, 0.717) is 10.9 Å². The van der Waals surface area contributed by atoms with Crippen LogP contribution in [0.15, 0.2) is 42.6 Å². The van der Waals surface area contributed by atoms with Gasteiger partial charge in [-0.15, -0.1) is 0 Å². The van der Waals surface area contributed by atoms with Gasteiger partial charge in [-0.1, -0.05) is 24.3 Å². The van der Waals surface area contributed by atoms with Crippen molar-refractivity contribution in [2.75, 3.05) is 14.1 Å². The molecule has 0 bridgehead atoms. The average Bonchev–Trinajstić information content (AvgIpc) is 2.35. The molecule has 0 amide bonds. The summed E-state index contributed by atoms with van der Waals surface area (Å²) >= 11 is 0. The van der Waals surface area contributed by atoms with Gasteiger partial charge in [0.05, 0.1) is 15.9 Å². The zero-order chi connectivity index (χ0) is 13.1. The highest BCUT2D eigenvalue weighted by Gasteiger charge is 2.15. The maximum absolute atomic E-state index is 11.2. The van der Waals surface area contributed by atoms with E-state index >= 15 is 0 Å². The summed E-state index contributed by atoms with van der Waals surface area (Å²) in [5.74, 6) is 0. The van der Waals surface area contributed by atoms with Crippen molar-refractivity contribution in [1.82, 2.24) is 4.90 Å². The lowest BCUT2D eigenvalue weighted by atomic mass is 10.0. The van der Waals surface area contributed by atoms with Gasteiger partial charge in [-0.05, 0) is 29.8 Å². The Morgan fingerprint density at radius 1 is 1.17 bits per heavy atom. The number of benzene rings is 2. The Kier molecular flexibility index (Phi) is 3.28. The van der Waals surface area contributed by atoms with E-state index in [4.69, 9.17) is 0 Å². The number of nitro benzene ring substituents is 1. The molecule has 4 nitrogen and oxygen atoms in total. The van der Waals surface area contributed by atoms with Crippen LogP contribution in [0.3, 0.4) is 0 Å². The Labute approximate surface area is 105 Å². The molecule has 0 saturated carbocycles. The molecule has 2 aromatic carbocycles. The summed E-state index contributed by atoms with van der Waals surface area (Å²) in [6.07, 6.45) is 3.56. The highest BCUT2D eigenvalue weighted by atomic mass is 16.6. The predicted octanol–water partition coefficient (Wildman–Crippen LogP) is 3.28. The Morgan fingerprint density at radius 2 is 1.89 bits per heavy atom. The smallest absolute Gasteiger partial charge is 0.284 e. The van der Waals surface area contributed by atoms with Gasteiger partial charge in [0, 0.05) is 14.1 Å². The van der Waals surface area contributed by atoms with Crippen LogP contribution in [-0.2, 0) is 0 Å². The molecule has 0 aliphatic heterocycles. The van der Waals surface area contributed by atoms with Crippen molar-refractivity contribution in [3.05, 3.63) is 58.3 Å². The van der Waals surface area contributed by atoms with Crippen molar-refractivity contribution in [2.24, 2.45) is 0 Å². The molecule has 0 atom stereocenters. The number of nitrogens with zero attached hydrogens (tertiary/aromatic N) is 2. The molecular formula is C14H14N2O2. The van der Waals surface area contributed by atoms with Crippen molar-refractivity contribution >= 4 is 22.5 Å². The van der Waals surface area contributed by atoms with Gasteiger partial charge in [0.2, 0.25) is 0 Å². The molecule has 0 aliphatic carbocycles. The lowest BCUT2D eigenvalue weighted by molar-refractivity contribution is -0.383. The summed E-state index contributed by atoms with van der Waals surface area (Å²) in [5.41, 5.74) is 0.776. The molecule has 0 spiro atoms. The number of rotatable bonds is 3. The molecular weight excluding hydrogens is 228 g/mol. The third-order valence-corrected chi connectivity index (χ3v) is 2.67. The first-order valence-corrected chi connectivity index (χ1v) is 5.60. The van der Waals surface area contributed by atoms with Crippen molar-refractivity contribution in [3.63, 3.8) is 0 Å². The fourth-order valence-electron chi connectivity index (χ4n) is 1.84. The van der Waals surface area contributed by atoms with Crippen LogP contribution >= 0.6 is 0 Å². The van der Waals surface area contributed by atoms with Gasteiger partial charge in [-0.2, -0.15) is 0 Å². The SMILES string of the molecule is CN(C)C=Cc1ccc2ccccc2c1[N+](=O)[O-]. The topological polar surface area (TPSA) is 46.4 Å². The summed E-state index contributed by atoms with van der Waals surface area (Å²) in [4.78, 5) is 12.8. The summed E-state index contributed by atoms with van der Waals surface area (Å²) in [5, 5.41) is 12.8. The number of hydrogen-bond acceptors (Lipinski definition) is 3. The second-order valence-corrected chi connectivity index (χ2v) is 4.26. The van der Waals surface area contributed by atoms with Gasteiger partial charge >= 0.3 is 0 Å². The molecule has 18 heavy (non-hydrogen) atoms. The number of nitro groups is 1. The molecule has 0 aliphatic rings. The van der Waals surface area contributed by atoms with Crippen LogP contribution in [-0.4, -0.2) is 23.9 Å². The van der Waals surface area contributed by atoms with E-state index in [0.717, 1.165) is 5.39 Å². The molecule has 0 fully saturated rings. The Morgan fingerprint density at radius 3 is 2.56 bits per heavy atom. The summed E-state index contributed by atoms with van der Waals surface area (Å²) < 4.78 is 0. The van der Waals surface area contributed by atoms with E-state index < -0.39 is 0 Å². The first kappa shape index (κ1) is 12.1. The molecule has 0 radical (unpaired) electrons.